The maximum absolute atomic E-state index is 13.0. The zero-order valence-electron chi connectivity index (χ0n) is 13.8. The number of carbonyl (C=O) groups excluding carboxylic acids is 2. The molecule has 2 amide bonds. The Labute approximate surface area is 153 Å². The van der Waals surface area contributed by atoms with Crippen LogP contribution in [0.25, 0.3) is 11.1 Å². The first-order valence-corrected chi connectivity index (χ1v) is 8.04. The van der Waals surface area contributed by atoms with Gasteiger partial charge >= 0.3 is 0 Å². The Morgan fingerprint density at radius 3 is 2.19 bits per heavy atom. The number of amides is 2. The minimum atomic E-state index is -0.832. The van der Waals surface area contributed by atoms with Crippen molar-refractivity contribution < 1.29 is 19.6 Å². The fourth-order valence-electron chi connectivity index (χ4n) is 3.24. The Balaban J connectivity index is 1.94. The van der Waals surface area contributed by atoms with Crippen LogP contribution in [0.5, 0.6) is 5.75 Å². The maximum Gasteiger partial charge on any atom is 0.283 e. The molecule has 1 N–H and O–H groups in total. The van der Waals surface area contributed by atoms with Gasteiger partial charge in [-0.2, -0.15) is 0 Å². The summed E-state index contributed by atoms with van der Waals surface area (Å²) < 4.78 is 0. The fourth-order valence-corrected chi connectivity index (χ4v) is 3.24. The third kappa shape index (κ3) is 2.44. The Bertz CT molecular complexity index is 1110. The molecule has 0 saturated carbocycles. The first-order valence-electron chi connectivity index (χ1n) is 8.04. The number of phenols is 1. The van der Waals surface area contributed by atoms with Crippen LogP contribution in [0.3, 0.4) is 0 Å². The van der Waals surface area contributed by atoms with Gasteiger partial charge in [0.2, 0.25) is 0 Å². The standard InChI is InChI=1S/C20H12N2O5/c23-16-11-5-8-13(12-6-2-1-3-7-12)18(16)21-19(24)14-9-4-10-15(22(26)27)17(14)20(21)25/h1-11,23H. The van der Waals surface area contributed by atoms with Gasteiger partial charge in [0.05, 0.1) is 10.5 Å². The van der Waals surface area contributed by atoms with Gasteiger partial charge in [-0.3, -0.25) is 19.7 Å². The number of nitrogens with zero attached hydrogens (tertiary/aromatic N) is 2. The largest absolute Gasteiger partial charge is 0.506 e. The van der Waals surface area contributed by atoms with Gasteiger partial charge in [0.1, 0.15) is 17.0 Å². The van der Waals surface area contributed by atoms with Crippen molar-refractivity contribution in [1.82, 2.24) is 0 Å². The van der Waals surface area contributed by atoms with E-state index in [2.05, 4.69) is 0 Å². The summed E-state index contributed by atoms with van der Waals surface area (Å²) >= 11 is 0. The molecule has 0 aromatic heterocycles. The Hall–Kier alpha value is -4.00. The molecule has 0 radical (unpaired) electrons. The average Bonchev–Trinajstić information content (AvgIpc) is 2.93. The Kier molecular flexibility index (Phi) is 3.70. The second-order valence-electron chi connectivity index (χ2n) is 5.94. The highest BCUT2D eigenvalue weighted by molar-refractivity contribution is 6.36. The molecule has 7 heteroatoms. The molecule has 0 fully saturated rings. The number of nitro groups is 1. The van der Waals surface area contributed by atoms with Crippen molar-refractivity contribution in [2.45, 2.75) is 0 Å². The van der Waals surface area contributed by atoms with Crippen molar-refractivity contribution in [3.63, 3.8) is 0 Å². The van der Waals surface area contributed by atoms with E-state index in [0.29, 0.717) is 11.1 Å². The average molecular weight is 360 g/mol. The smallest absolute Gasteiger partial charge is 0.283 e. The van der Waals surface area contributed by atoms with Gasteiger partial charge in [-0.05, 0) is 17.7 Å². The number of carbonyl (C=O) groups is 2. The van der Waals surface area contributed by atoms with Gasteiger partial charge in [0, 0.05) is 11.6 Å². The number of fused-ring (bicyclic) bond motifs is 1. The minimum absolute atomic E-state index is 0.00389. The molecule has 3 aromatic carbocycles. The van der Waals surface area contributed by atoms with Gasteiger partial charge in [0.15, 0.2) is 0 Å². The van der Waals surface area contributed by atoms with E-state index in [0.717, 1.165) is 4.90 Å². The number of hydrogen-bond acceptors (Lipinski definition) is 5. The van der Waals surface area contributed by atoms with Crippen LogP contribution in [0.15, 0.2) is 66.7 Å². The first-order chi connectivity index (χ1) is 13.0. The molecule has 3 aromatic rings. The summed E-state index contributed by atoms with van der Waals surface area (Å²) in [4.78, 5) is 37.2. The lowest BCUT2D eigenvalue weighted by Gasteiger charge is -2.19. The predicted molar refractivity (Wildman–Crippen MR) is 97.8 cm³/mol. The molecule has 0 aliphatic carbocycles. The van der Waals surface area contributed by atoms with E-state index in [4.69, 9.17) is 0 Å². The molecule has 1 heterocycles. The highest BCUT2D eigenvalue weighted by atomic mass is 16.6. The maximum atomic E-state index is 13.0. The topological polar surface area (TPSA) is 101 Å². The van der Waals surface area contributed by atoms with Crippen molar-refractivity contribution in [3.8, 4) is 16.9 Å². The number of rotatable bonds is 3. The summed E-state index contributed by atoms with van der Waals surface area (Å²) in [6.07, 6.45) is 0. The van der Waals surface area contributed by atoms with Crippen LogP contribution in [-0.4, -0.2) is 21.8 Å². The van der Waals surface area contributed by atoms with E-state index in [-0.39, 0.29) is 22.6 Å². The van der Waals surface area contributed by atoms with E-state index in [1.165, 1.54) is 24.3 Å². The number of anilines is 1. The number of nitro benzene ring substituents is 1. The van der Waals surface area contributed by atoms with Crippen LogP contribution >= 0.6 is 0 Å². The summed E-state index contributed by atoms with van der Waals surface area (Å²) in [6, 6.07) is 17.5. The van der Waals surface area contributed by atoms with Gasteiger partial charge < -0.3 is 5.11 Å². The van der Waals surface area contributed by atoms with Gasteiger partial charge in [0.25, 0.3) is 17.5 Å². The molecule has 1 aliphatic heterocycles. The summed E-state index contributed by atoms with van der Waals surface area (Å²) in [6.45, 7) is 0. The number of benzene rings is 3. The number of imide groups is 1. The second-order valence-corrected chi connectivity index (χ2v) is 5.94. The zero-order chi connectivity index (χ0) is 19.1. The van der Waals surface area contributed by atoms with Crippen LogP contribution in [0, 0.1) is 10.1 Å². The van der Waals surface area contributed by atoms with Crippen molar-refractivity contribution in [2.24, 2.45) is 0 Å². The fraction of sp³-hybridized carbons (Fsp3) is 0. The highest BCUT2D eigenvalue weighted by Gasteiger charge is 2.43. The molecule has 7 nitrogen and oxygen atoms in total. The van der Waals surface area contributed by atoms with Crippen molar-refractivity contribution in [2.75, 3.05) is 4.90 Å². The number of hydrogen-bond donors (Lipinski definition) is 1. The van der Waals surface area contributed by atoms with Gasteiger partial charge in [-0.25, -0.2) is 4.90 Å². The quantitative estimate of drug-likeness (QED) is 0.435. The molecule has 0 unspecified atom stereocenters. The van der Waals surface area contributed by atoms with Crippen molar-refractivity contribution in [1.29, 1.82) is 0 Å². The lowest BCUT2D eigenvalue weighted by Crippen LogP contribution is -2.30. The second kappa shape index (κ2) is 6.06. The molecule has 27 heavy (non-hydrogen) atoms. The van der Waals surface area contributed by atoms with Crippen molar-refractivity contribution in [3.05, 3.63) is 88.0 Å². The molecular weight excluding hydrogens is 348 g/mol. The van der Waals surface area contributed by atoms with E-state index in [1.807, 2.05) is 6.07 Å². The van der Waals surface area contributed by atoms with E-state index < -0.39 is 22.4 Å². The molecule has 1 aliphatic rings. The van der Waals surface area contributed by atoms with E-state index in [1.54, 1.807) is 36.4 Å². The van der Waals surface area contributed by atoms with Crippen LogP contribution in [0.2, 0.25) is 0 Å². The van der Waals surface area contributed by atoms with Gasteiger partial charge in [-0.1, -0.05) is 48.5 Å². The van der Waals surface area contributed by atoms with Crippen LogP contribution in [0.1, 0.15) is 20.7 Å². The molecular formula is C20H12N2O5. The minimum Gasteiger partial charge on any atom is -0.506 e. The number of phenolic OH excluding ortho intramolecular Hbond substituents is 1. The Morgan fingerprint density at radius 1 is 0.815 bits per heavy atom. The predicted octanol–water partition coefficient (Wildman–Crippen LogP) is 3.77. The summed E-state index contributed by atoms with van der Waals surface area (Å²) in [7, 11) is 0. The SMILES string of the molecule is O=C1c2cccc([N+](=O)[O-])c2C(=O)N1c1c(O)cccc1-c1ccccc1. The van der Waals surface area contributed by atoms with Crippen molar-refractivity contribution >= 4 is 23.2 Å². The normalized spacial score (nSPS) is 13.0. The van der Waals surface area contributed by atoms with E-state index in [9.17, 15) is 24.8 Å². The lowest BCUT2D eigenvalue weighted by molar-refractivity contribution is -0.385. The molecule has 132 valence electrons. The number of aromatic hydroxyl groups is 1. The third-order valence-corrected chi connectivity index (χ3v) is 4.41. The summed E-state index contributed by atoms with van der Waals surface area (Å²) in [5.74, 6) is -1.81. The summed E-state index contributed by atoms with van der Waals surface area (Å²) in [5.41, 5.74) is 0.391. The summed E-state index contributed by atoms with van der Waals surface area (Å²) in [5, 5.41) is 21.7. The molecule has 0 bridgehead atoms. The lowest BCUT2D eigenvalue weighted by atomic mass is 10.0. The van der Waals surface area contributed by atoms with Crippen LogP contribution in [0.4, 0.5) is 11.4 Å². The Morgan fingerprint density at radius 2 is 1.48 bits per heavy atom. The first kappa shape index (κ1) is 16.5. The molecule has 0 atom stereocenters. The molecule has 4 rings (SSSR count). The van der Waals surface area contributed by atoms with Gasteiger partial charge in [-0.15, -0.1) is 0 Å². The van der Waals surface area contributed by atoms with Crippen LogP contribution < -0.4 is 4.90 Å². The third-order valence-electron chi connectivity index (χ3n) is 4.41. The number of para-hydroxylation sites is 1. The zero-order valence-corrected chi connectivity index (χ0v) is 13.8. The molecule has 0 spiro atoms. The van der Waals surface area contributed by atoms with E-state index >= 15 is 0 Å². The monoisotopic (exact) mass is 360 g/mol. The highest BCUT2D eigenvalue weighted by Crippen LogP contribution is 2.43. The molecule has 0 saturated heterocycles. The van der Waals surface area contributed by atoms with Crippen LogP contribution in [-0.2, 0) is 0 Å².